The molecule has 2 N–H and O–H groups in total. The molecule has 0 aliphatic heterocycles. The Bertz CT molecular complexity index is 464. The normalized spacial score (nSPS) is 13.0. The molecular weight excluding hydrogens is 285 g/mol. The molecule has 21 heavy (non-hydrogen) atoms. The number of methoxy groups -OCH3 is 1. The van der Waals surface area contributed by atoms with Crippen LogP contribution in [-0.4, -0.2) is 32.2 Å². The molecule has 1 aromatic carbocycles. The first-order valence-electron chi connectivity index (χ1n) is 6.48. The third kappa shape index (κ3) is 6.59. The average Bonchev–Trinajstić information content (AvgIpc) is 2.38. The van der Waals surface area contributed by atoms with Gasteiger partial charge >= 0.3 is 6.18 Å². The van der Waals surface area contributed by atoms with Crippen molar-refractivity contribution in [3.63, 3.8) is 0 Å². The van der Waals surface area contributed by atoms with E-state index in [1.165, 1.54) is 13.2 Å². The van der Waals surface area contributed by atoms with Gasteiger partial charge in [-0.3, -0.25) is 4.79 Å². The molecule has 0 aliphatic carbocycles. The monoisotopic (exact) mass is 304 g/mol. The number of alkyl halides is 3. The summed E-state index contributed by atoms with van der Waals surface area (Å²) >= 11 is 0. The highest BCUT2D eigenvalue weighted by Gasteiger charge is 2.30. The van der Waals surface area contributed by atoms with Crippen molar-refractivity contribution >= 4 is 5.91 Å². The van der Waals surface area contributed by atoms with E-state index in [2.05, 4.69) is 10.6 Å². The molecule has 0 aliphatic rings. The number of amides is 1. The van der Waals surface area contributed by atoms with Crippen LogP contribution in [0.15, 0.2) is 24.3 Å². The summed E-state index contributed by atoms with van der Waals surface area (Å²) in [6.07, 6.45) is -4.36. The summed E-state index contributed by atoms with van der Waals surface area (Å²) in [5.41, 5.74) is -0.220. The highest BCUT2D eigenvalue weighted by atomic mass is 19.4. The smallest absolute Gasteiger partial charge is 0.383 e. The Morgan fingerprint density at radius 2 is 2.10 bits per heavy atom. The van der Waals surface area contributed by atoms with Gasteiger partial charge in [-0.1, -0.05) is 18.2 Å². The van der Waals surface area contributed by atoms with Gasteiger partial charge in [0.15, 0.2) is 0 Å². The Hall–Kier alpha value is -1.60. The molecule has 0 radical (unpaired) electrons. The third-order valence-corrected chi connectivity index (χ3v) is 2.69. The van der Waals surface area contributed by atoms with Gasteiger partial charge in [0.1, 0.15) is 0 Å². The lowest BCUT2D eigenvalue weighted by Gasteiger charge is -2.13. The van der Waals surface area contributed by atoms with E-state index in [0.29, 0.717) is 12.2 Å². The maximum absolute atomic E-state index is 12.5. The molecule has 0 saturated heterocycles. The molecule has 1 aromatic rings. The van der Waals surface area contributed by atoms with Gasteiger partial charge < -0.3 is 15.4 Å². The number of carbonyl (C=O) groups excluding carboxylic acids is 1. The van der Waals surface area contributed by atoms with Gasteiger partial charge in [0.05, 0.1) is 18.7 Å². The minimum atomic E-state index is -4.36. The van der Waals surface area contributed by atoms with Gasteiger partial charge in [-0.25, -0.2) is 0 Å². The number of ether oxygens (including phenoxy) is 1. The predicted octanol–water partition coefficient (Wildman–Crippen LogP) is 1.95. The first-order chi connectivity index (χ1) is 9.82. The summed E-state index contributed by atoms with van der Waals surface area (Å²) in [6.45, 7) is 2.42. The van der Waals surface area contributed by atoms with Crippen LogP contribution in [0.4, 0.5) is 13.2 Å². The molecule has 4 nitrogen and oxygen atoms in total. The predicted molar refractivity (Wildman–Crippen MR) is 72.6 cm³/mol. The number of hydrogen-bond acceptors (Lipinski definition) is 3. The number of benzene rings is 1. The molecule has 0 heterocycles. The second kappa shape index (κ2) is 7.99. The Morgan fingerprint density at radius 1 is 1.38 bits per heavy atom. The maximum Gasteiger partial charge on any atom is 0.416 e. The van der Waals surface area contributed by atoms with Crippen LogP contribution in [0.1, 0.15) is 18.1 Å². The Labute approximate surface area is 121 Å². The van der Waals surface area contributed by atoms with E-state index in [1.54, 1.807) is 13.0 Å². The van der Waals surface area contributed by atoms with Crippen molar-refractivity contribution in [2.75, 3.05) is 20.3 Å². The highest BCUT2D eigenvalue weighted by Crippen LogP contribution is 2.29. The SMILES string of the molecule is COCC(C)NC(=O)CNCc1cccc(C(F)(F)F)c1. The largest absolute Gasteiger partial charge is 0.416 e. The van der Waals surface area contributed by atoms with Gasteiger partial charge in [0, 0.05) is 19.7 Å². The minimum Gasteiger partial charge on any atom is -0.383 e. The van der Waals surface area contributed by atoms with Crippen molar-refractivity contribution in [3.05, 3.63) is 35.4 Å². The van der Waals surface area contributed by atoms with Crippen LogP contribution in [0.5, 0.6) is 0 Å². The van der Waals surface area contributed by atoms with Crippen LogP contribution < -0.4 is 10.6 Å². The van der Waals surface area contributed by atoms with E-state index in [4.69, 9.17) is 4.74 Å². The molecule has 118 valence electrons. The fourth-order valence-corrected chi connectivity index (χ4v) is 1.80. The minimum absolute atomic E-state index is 0.0320. The lowest BCUT2D eigenvalue weighted by molar-refractivity contribution is -0.137. The molecule has 1 atom stereocenters. The first kappa shape index (κ1) is 17.5. The van der Waals surface area contributed by atoms with Gasteiger partial charge in [-0.2, -0.15) is 13.2 Å². The maximum atomic E-state index is 12.5. The Balaban J connectivity index is 2.41. The van der Waals surface area contributed by atoms with Gasteiger partial charge in [-0.05, 0) is 18.6 Å². The number of hydrogen-bond donors (Lipinski definition) is 2. The van der Waals surface area contributed by atoms with Crippen LogP contribution in [0.25, 0.3) is 0 Å². The number of halogens is 3. The van der Waals surface area contributed by atoms with Crippen LogP contribution in [-0.2, 0) is 22.3 Å². The molecule has 7 heteroatoms. The van der Waals surface area contributed by atoms with E-state index in [1.807, 2.05) is 0 Å². The van der Waals surface area contributed by atoms with Gasteiger partial charge in [0.2, 0.25) is 5.91 Å². The van der Waals surface area contributed by atoms with Crippen LogP contribution in [0.3, 0.4) is 0 Å². The molecule has 0 aromatic heterocycles. The second-order valence-corrected chi connectivity index (χ2v) is 4.73. The molecular formula is C14H19F3N2O2. The Morgan fingerprint density at radius 3 is 2.71 bits per heavy atom. The fraction of sp³-hybridized carbons (Fsp3) is 0.500. The molecule has 0 fully saturated rings. The zero-order valence-electron chi connectivity index (χ0n) is 12.0. The van der Waals surface area contributed by atoms with Crippen molar-refractivity contribution in [2.24, 2.45) is 0 Å². The molecule has 0 bridgehead atoms. The van der Waals surface area contributed by atoms with Crippen molar-refractivity contribution in [1.82, 2.24) is 10.6 Å². The van der Waals surface area contributed by atoms with Crippen molar-refractivity contribution in [3.8, 4) is 0 Å². The van der Waals surface area contributed by atoms with E-state index in [0.717, 1.165) is 12.1 Å². The summed E-state index contributed by atoms with van der Waals surface area (Å²) in [7, 11) is 1.54. The quantitative estimate of drug-likeness (QED) is 0.809. The summed E-state index contributed by atoms with van der Waals surface area (Å²) in [5, 5.41) is 5.50. The topological polar surface area (TPSA) is 50.4 Å². The fourth-order valence-electron chi connectivity index (χ4n) is 1.80. The van der Waals surface area contributed by atoms with Crippen molar-refractivity contribution < 1.29 is 22.7 Å². The number of carbonyl (C=O) groups is 1. The van der Waals surface area contributed by atoms with Gasteiger partial charge in [0.25, 0.3) is 0 Å². The first-order valence-corrected chi connectivity index (χ1v) is 6.48. The van der Waals surface area contributed by atoms with Gasteiger partial charge in [-0.15, -0.1) is 0 Å². The molecule has 1 amide bonds. The molecule has 1 unspecified atom stereocenters. The Kier molecular flexibility index (Phi) is 6.64. The van der Waals surface area contributed by atoms with Crippen molar-refractivity contribution in [1.29, 1.82) is 0 Å². The summed E-state index contributed by atoms with van der Waals surface area (Å²) < 4.78 is 42.5. The second-order valence-electron chi connectivity index (χ2n) is 4.73. The number of rotatable bonds is 7. The molecule has 1 rings (SSSR count). The van der Waals surface area contributed by atoms with Crippen LogP contribution in [0.2, 0.25) is 0 Å². The zero-order chi connectivity index (χ0) is 15.9. The van der Waals surface area contributed by atoms with E-state index < -0.39 is 11.7 Å². The highest BCUT2D eigenvalue weighted by molar-refractivity contribution is 5.78. The van der Waals surface area contributed by atoms with E-state index in [9.17, 15) is 18.0 Å². The zero-order valence-corrected chi connectivity index (χ0v) is 12.0. The summed E-state index contributed by atoms with van der Waals surface area (Å²) in [4.78, 5) is 11.5. The lowest BCUT2D eigenvalue weighted by atomic mass is 10.1. The molecule has 0 spiro atoms. The van der Waals surface area contributed by atoms with Crippen molar-refractivity contribution in [2.45, 2.75) is 25.7 Å². The average molecular weight is 304 g/mol. The van der Waals surface area contributed by atoms with E-state index >= 15 is 0 Å². The lowest BCUT2D eigenvalue weighted by Crippen LogP contribution is -2.40. The number of nitrogens with one attached hydrogen (secondary N) is 2. The van der Waals surface area contributed by atoms with Crippen LogP contribution >= 0.6 is 0 Å². The third-order valence-electron chi connectivity index (χ3n) is 2.69. The summed E-state index contributed by atoms with van der Waals surface area (Å²) in [6, 6.07) is 4.90. The molecule has 0 saturated carbocycles. The standard InChI is InChI=1S/C14H19F3N2O2/c1-10(9-21-2)19-13(20)8-18-7-11-4-3-5-12(6-11)14(15,16)17/h3-6,10,18H,7-9H2,1-2H3,(H,19,20). The van der Waals surface area contributed by atoms with Crippen LogP contribution in [0, 0.1) is 0 Å². The van der Waals surface area contributed by atoms with E-state index in [-0.39, 0.29) is 25.0 Å². The summed E-state index contributed by atoms with van der Waals surface area (Å²) in [5.74, 6) is -0.230.